The van der Waals surface area contributed by atoms with Crippen LogP contribution >= 0.6 is 23.2 Å². The van der Waals surface area contributed by atoms with Gasteiger partial charge in [-0.15, -0.1) is 10.2 Å². The van der Waals surface area contributed by atoms with Crippen molar-refractivity contribution in [3.8, 4) is 0 Å². The van der Waals surface area contributed by atoms with Gasteiger partial charge in [-0.05, 0) is 69.7 Å². The van der Waals surface area contributed by atoms with Crippen molar-refractivity contribution in [3.63, 3.8) is 0 Å². The molecule has 0 unspecified atom stereocenters. The van der Waals surface area contributed by atoms with Gasteiger partial charge < -0.3 is 25.2 Å². The second-order valence-corrected chi connectivity index (χ2v) is 10.9. The summed E-state index contributed by atoms with van der Waals surface area (Å²) < 4.78 is 5.48. The second kappa shape index (κ2) is 12.5. The number of amides is 3. The molecule has 1 aliphatic rings. The van der Waals surface area contributed by atoms with Crippen LogP contribution in [-0.4, -0.2) is 69.8 Å². The van der Waals surface area contributed by atoms with Gasteiger partial charge >= 0.3 is 6.09 Å². The van der Waals surface area contributed by atoms with Gasteiger partial charge in [0.15, 0.2) is 11.5 Å². The Balaban J connectivity index is 1.41. The number of halogens is 2. The number of anilines is 3. The van der Waals surface area contributed by atoms with Crippen molar-refractivity contribution in [2.45, 2.75) is 32.8 Å². The third kappa shape index (κ3) is 7.80. The molecule has 0 radical (unpaired) electrons. The smallest absolute Gasteiger partial charge is 0.410 e. The van der Waals surface area contributed by atoms with Gasteiger partial charge in [0, 0.05) is 37.4 Å². The van der Waals surface area contributed by atoms with Gasteiger partial charge in [-0.1, -0.05) is 23.2 Å². The molecule has 1 aromatic carbocycles. The van der Waals surface area contributed by atoms with Crippen molar-refractivity contribution in [1.82, 2.24) is 20.1 Å². The summed E-state index contributed by atoms with van der Waals surface area (Å²) in [7, 11) is 0. The van der Waals surface area contributed by atoms with Crippen molar-refractivity contribution in [1.29, 1.82) is 0 Å². The number of aromatic nitrogens is 3. The maximum Gasteiger partial charge on any atom is 0.410 e. The van der Waals surface area contributed by atoms with Crippen LogP contribution in [-0.2, 0) is 4.74 Å². The molecule has 3 amide bonds. The highest BCUT2D eigenvalue weighted by molar-refractivity contribution is 6.31. The average molecular weight is 586 g/mol. The molecule has 2 aromatic heterocycles. The fourth-order valence-corrected chi connectivity index (χ4v) is 4.19. The van der Waals surface area contributed by atoms with Crippen LogP contribution in [0.25, 0.3) is 0 Å². The highest BCUT2D eigenvalue weighted by Crippen LogP contribution is 2.23. The molecule has 3 heterocycles. The van der Waals surface area contributed by atoms with E-state index in [-0.39, 0.29) is 28.9 Å². The van der Waals surface area contributed by atoms with E-state index in [1.54, 1.807) is 35.2 Å². The van der Waals surface area contributed by atoms with Crippen molar-refractivity contribution in [3.05, 3.63) is 70.0 Å². The van der Waals surface area contributed by atoms with Gasteiger partial charge in [0.1, 0.15) is 11.4 Å². The molecule has 0 aliphatic carbocycles. The van der Waals surface area contributed by atoms with Crippen LogP contribution < -0.4 is 15.5 Å². The predicted molar refractivity (Wildman–Crippen MR) is 153 cm³/mol. The number of benzene rings is 1. The number of nitrogens with one attached hydrogen (secondary N) is 2. The van der Waals surface area contributed by atoms with Crippen LogP contribution in [0, 0.1) is 0 Å². The quantitative estimate of drug-likeness (QED) is 0.421. The number of nitrogens with zero attached hydrogens (tertiary/aromatic N) is 5. The summed E-state index contributed by atoms with van der Waals surface area (Å²) >= 11 is 12.0. The SMILES string of the molecule is CC(C)(C)OC(=O)N1CCCN(c2ccc(C(=O)Nc3ccc(Cl)cc3C(=O)Nc3ccc(Cl)cn3)nn2)CC1. The maximum absolute atomic E-state index is 13.0. The van der Waals surface area contributed by atoms with E-state index < -0.39 is 17.4 Å². The van der Waals surface area contributed by atoms with Gasteiger partial charge in [-0.2, -0.15) is 0 Å². The van der Waals surface area contributed by atoms with Crippen LogP contribution in [0.15, 0.2) is 48.7 Å². The minimum atomic E-state index is -0.560. The van der Waals surface area contributed by atoms with Crippen LogP contribution in [0.2, 0.25) is 10.0 Å². The lowest BCUT2D eigenvalue weighted by Gasteiger charge is -2.26. The van der Waals surface area contributed by atoms with Crippen molar-refractivity contribution >= 4 is 58.4 Å². The van der Waals surface area contributed by atoms with E-state index in [2.05, 4.69) is 25.8 Å². The Kier molecular flexibility index (Phi) is 9.06. The molecule has 0 saturated carbocycles. The Morgan fingerprint density at radius 1 is 0.875 bits per heavy atom. The number of carbonyl (C=O) groups excluding carboxylic acids is 3. The van der Waals surface area contributed by atoms with E-state index in [0.29, 0.717) is 42.0 Å². The molecule has 0 spiro atoms. The molecule has 0 atom stereocenters. The first-order chi connectivity index (χ1) is 19.0. The first-order valence-corrected chi connectivity index (χ1v) is 13.3. The summed E-state index contributed by atoms with van der Waals surface area (Å²) in [4.78, 5) is 46.1. The number of hydrogen-bond donors (Lipinski definition) is 2. The van der Waals surface area contributed by atoms with Crippen LogP contribution in [0.4, 0.5) is 22.1 Å². The Morgan fingerprint density at radius 3 is 2.33 bits per heavy atom. The van der Waals surface area contributed by atoms with Gasteiger partial charge in [-0.3, -0.25) is 9.59 Å². The molecule has 4 rings (SSSR count). The third-order valence-electron chi connectivity index (χ3n) is 5.80. The lowest BCUT2D eigenvalue weighted by atomic mass is 10.1. The molecule has 11 nitrogen and oxygen atoms in total. The zero-order valence-corrected chi connectivity index (χ0v) is 23.8. The monoisotopic (exact) mass is 585 g/mol. The Morgan fingerprint density at radius 2 is 1.65 bits per heavy atom. The summed E-state index contributed by atoms with van der Waals surface area (Å²) in [5, 5.41) is 14.4. The minimum Gasteiger partial charge on any atom is -0.444 e. The standard InChI is InChI=1S/C27H29Cl2N7O4/c1-27(2,3)40-26(39)36-12-4-11-35(13-14-36)23-10-8-21(33-34-23)25(38)31-20-7-5-17(28)15-19(20)24(37)32-22-9-6-18(29)16-30-22/h5-10,15-16H,4,11-14H2,1-3H3,(H,31,38)(H,30,32,37). The van der Waals surface area contributed by atoms with Crippen LogP contribution in [0.5, 0.6) is 0 Å². The number of ether oxygens (including phenoxy) is 1. The predicted octanol–water partition coefficient (Wildman–Crippen LogP) is 5.13. The lowest BCUT2D eigenvalue weighted by molar-refractivity contribution is 0.0263. The van der Waals surface area contributed by atoms with Gasteiger partial charge in [0.2, 0.25) is 0 Å². The fourth-order valence-electron chi connectivity index (χ4n) is 3.90. The molecular formula is C27H29Cl2N7O4. The van der Waals surface area contributed by atoms with E-state index in [1.165, 1.54) is 18.3 Å². The van der Waals surface area contributed by atoms with Gasteiger partial charge in [0.25, 0.3) is 11.8 Å². The van der Waals surface area contributed by atoms with E-state index in [1.807, 2.05) is 25.7 Å². The third-order valence-corrected chi connectivity index (χ3v) is 6.26. The Labute approximate surface area is 241 Å². The Bertz CT molecular complexity index is 1380. The molecule has 1 aliphatic heterocycles. The number of carbonyl (C=O) groups is 3. The summed E-state index contributed by atoms with van der Waals surface area (Å²) in [5.74, 6) is -0.192. The summed E-state index contributed by atoms with van der Waals surface area (Å²) in [6.07, 6.45) is 1.80. The highest BCUT2D eigenvalue weighted by atomic mass is 35.5. The lowest BCUT2D eigenvalue weighted by Crippen LogP contribution is -2.39. The Hall–Kier alpha value is -3.96. The summed E-state index contributed by atoms with van der Waals surface area (Å²) in [6, 6.07) is 10.9. The summed E-state index contributed by atoms with van der Waals surface area (Å²) in [5.41, 5.74) is -0.118. The van der Waals surface area contributed by atoms with E-state index in [9.17, 15) is 14.4 Å². The molecule has 1 saturated heterocycles. The highest BCUT2D eigenvalue weighted by Gasteiger charge is 2.25. The molecule has 2 N–H and O–H groups in total. The first-order valence-electron chi connectivity index (χ1n) is 12.6. The number of rotatable bonds is 5. The number of hydrogen-bond acceptors (Lipinski definition) is 8. The zero-order chi connectivity index (χ0) is 28.9. The molecule has 0 bridgehead atoms. The normalized spacial score (nSPS) is 13.8. The zero-order valence-electron chi connectivity index (χ0n) is 22.3. The maximum atomic E-state index is 13.0. The molecular weight excluding hydrogens is 557 g/mol. The second-order valence-electron chi connectivity index (χ2n) is 10.0. The van der Waals surface area contributed by atoms with E-state index >= 15 is 0 Å². The average Bonchev–Trinajstić information content (AvgIpc) is 3.17. The fraction of sp³-hybridized carbons (Fsp3) is 0.333. The molecule has 40 heavy (non-hydrogen) atoms. The molecule has 13 heteroatoms. The van der Waals surface area contributed by atoms with Crippen molar-refractivity contribution < 1.29 is 19.1 Å². The largest absolute Gasteiger partial charge is 0.444 e. The van der Waals surface area contributed by atoms with Gasteiger partial charge in [-0.25, -0.2) is 9.78 Å². The van der Waals surface area contributed by atoms with Crippen LogP contribution in [0.1, 0.15) is 48.0 Å². The molecule has 210 valence electrons. The molecule has 1 fully saturated rings. The van der Waals surface area contributed by atoms with Crippen molar-refractivity contribution in [2.75, 3.05) is 41.7 Å². The topological polar surface area (TPSA) is 130 Å². The minimum absolute atomic E-state index is 0.0645. The number of pyridine rings is 1. The van der Waals surface area contributed by atoms with Crippen LogP contribution in [0.3, 0.4) is 0 Å². The molecule has 3 aromatic rings. The van der Waals surface area contributed by atoms with E-state index in [4.69, 9.17) is 27.9 Å². The van der Waals surface area contributed by atoms with E-state index in [0.717, 1.165) is 6.42 Å². The summed E-state index contributed by atoms with van der Waals surface area (Å²) in [6.45, 7) is 7.78. The van der Waals surface area contributed by atoms with Gasteiger partial charge in [0.05, 0.1) is 16.3 Å². The first kappa shape index (κ1) is 29.0. The van der Waals surface area contributed by atoms with Crippen molar-refractivity contribution in [2.24, 2.45) is 0 Å².